The maximum atomic E-state index is 13.3. The summed E-state index contributed by atoms with van der Waals surface area (Å²) >= 11 is 0. The van der Waals surface area contributed by atoms with Gasteiger partial charge in [0.05, 0.1) is 30.5 Å². The van der Waals surface area contributed by atoms with Crippen molar-refractivity contribution in [1.29, 1.82) is 0 Å². The molecule has 35 heavy (non-hydrogen) atoms. The van der Waals surface area contributed by atoms with Crippen LogP contribution in [-0.2, 0) is 41.2 Å². The van der Waals surface area contributed by atoms with Gasteiger partial charge in [-0.3, -0.25) is 13.6 Å². The second kappa shape index (κ2) is 13.9. The van der Waals surface area contributed by atoms with Crippen molar-refractivity contribution in [2.75, 3.05) is 12.4 Å². The van der Waals surface area contributed by atoms with Gasteiger partial charge >= 0.3 is 7.82 Å². The third kappa shape index (κ3) is 9.17. The fourth-order valence-electron chi connectivity index (χ4n) is 3.11. The molecule has 7 nitrogen and oxygen atoms in total. The number of rotatable bonds is 13. The number of phosphoric acid groups is 1. The van der Waals surface area contributed by atoms with Crippen LogP contribution in [0.1, 0.15) is 36.1 Å². The van der Waals surface area contributed by atoms with Crippen LogP contribution in [0.4, 0.5) is 0 Å². The Kier molecular flexibility index (Phi) is 11.6. The summed E-state index contributed by atoms with van der Waals surface area (Å²) in [6.45, 7) is 1.79. The van der Waals surface area contributed by atoms with Gasteiger partial charge in [0.2, 0.25) is 0 Å². The Bertz CT molecular complexity index is 1130. The van der Waals surface area contributed by atoms with Gasteiger partial charge in [-0.15, -0.1) is 12.4 Å². The highest BCUT2D eigenvalue weighted by Crippen LogP contribution is 2.51. The molecule has 1 atom stereocenters. The Morgan fingerprint density at radius 1 is 0.800 bits per heavy atom. The highest BCUT2D eigenvalue weighted by molar-refractivity contribution is 7.91. The van der Waals surface area contributed by atoms with Crippen LogP contribution in [0.25, 0.3) is 0 Å². The lowest BCUT2D eigenvalue weighted by atomic mass is 10.1. The van der Waals surface area contributed by atoms with E-state index in [1.54, 1.807) is 31.2 Å². The molecule has 0 radical (unpaired) electrons. The molecule has 3 rings (SSSR count). The summed E-state index contributed by atoms with van der Waals surface area (Å²) in [5, 5.41) is 0. The van der Waals surface area contributed by atoms with Crippen LogP contribution in [0.3, 0.4) is 0 Å². The molecule has 3 aromatic rings. The molecule has 3 aromatic carbocycles. The molecule has 0 aliphatic rings. The minimum absolute atomic E-state index is 0. The first-order chi connectivity index (χ1) is 16.3. The molecule has 0 saturated heterocycles. The molecule has 0 saturated carbocycles. The first kappa shape index (κ1) is 29.2. The maximum absolute atomic E-state index is 13.3. The molecule has 0 amide bonds. The minimum Gasteiger partial charge on any atom is -0.324 e. The maximum Gasteiger partial charge on any atom is 0.475 e. The third-order valence-electron chi connectivity index (χ3n) is 5.19. The van der Waals surface area contributed by atoms with Crippen LogP contribution in [0.5, 0.6) is 0 Å². The molecule has 0 fully saturated rings. The summed E-state index contributed by atoms with van der Waals surface area (Å²) in [5.41, 5.74) is 8.68. The van der Waals surface area contributed by atoms with Gasteiger partial charge in [-0.25, -0.2) is 13.0 Å². The van der Waals surface area contributed by atoms with Crippen LogP contribution in [0.2, 0.25) is 0 Å². The Hall–Kier alpha value is -2.03. The summed E-state index contributed by atoms with van der Waals surface area (Å²) in [7, 11) is -7.14. The second-order valence-corrected chi connectivity index (χ2v) is 11.6. The highest BCUT2D eigenvalue weighted by Gasteiger charge is 2.27. The Labute approximate surface area is 213 Å². The van der Waals surface area contributed by atoms with Crippen molar-refractivity contribution in [3.05, 3.63) is 102 Å². The largest absolute Gasteiger partial charge is 0.475 e. The summed E-state index contributed by atoms with van der Waals surface area (Å²) in [6, 6.07) is 24.7. The number of sulfone groups is 1. The highest BCUT2D eigenvalue weighted by atomic mass is 35.5. The predicted octanol–water partition coefficient (Wildman–Crippen LogP) is 5.85. The molecular formula is C25H31ClNO6PS. The number of hydrogen-bond acceptors (Lipinski definition) is 7. The Morgan fingerprint density at radius 2 is 1.29 bits per heavy atom. The molecule has 0 aliphatic carbocycles. The second-order valence-electron chi connectivity index (χ2n) is 7.67. The average Bonchev–Trinajstić information content (AvgIpc) is 2.88. The van der Waals surface area contributed by atoms with Gasteiger partial charge in [-0.1, -0.05) is 79.7 Å². The van der Waals surface area contributed by atoms with E-state index in [4.69, 9.17) is 19.3 Å². The van der Waals surface area contributed by atoms with Crippen LogP contribution in [0.15, 0.2) is 89.8 Å². The molecule has 10 heteroatoms. The molecule has 0 unspecified atom stereocenters. The van der Waals surface area contributed by atoms with E-state index >= 15 is 0 Å². The van der Waals surface area contributed by atoms with Gasteiger partial charge in [-0.2, -0.15) is 0 Å². The van der Waals surface area contributed by atoms with Gasteiger partial charge in [0.25, 0.3) is 0 Å². The van der Waals surface area contributed by atoms with Crippen molar-refractivity contribution < 1.29 is 26.6 Å². The molecule has 190 valence electrons. The van der Waals surface area contributed by atoms with Gasteiger partial charge in [-0.05, 0) is 35.2 Å². The first-order valence-corrected chi connectivity index (χ1v) is 14.1. The van der Waals surface area contributed by atoms with Gasteiger partial charge < -0.3 is 5.73 Å². The van der Waals surface area contributed by atoms with Crippen molar-refractivity contribution >= 4 is 30.1 Å². The van der Waals surface area contributed by atoms with Crippen molar-refractivity contribution in [3.8, 4) is 0 Å². The van der Waals surface area contributed by atoms with E-state index in [-0.39, 0.29) is 42.9 Å². The molecular weight excluding hydrogens is 509 g/mol. The number of halogens is 1. The number of hydrogen-bond donors (Lipinski definition) is 1. The van der Waals surface area contributed by atoms with Gasteiger partial charge in [0.15, 0.2) is 9.84 Å². The van der Waals surface area contributed by atoms with E-state index in [0.29, 0.717) is 6.42 Å². The standard InChI is InChI=1S/C25H30NO6PS.ClH/c1-2-34(28,29)24-15-13-23(14-16-24)25(26)17-18-30-33(27,31-19-21-9-5-3-6-10-21)32-20-22-11-7-4-8-12-22;/h3-16,25H,2,17-20,26H2,1H3;1H/t25-;/m1./s1. The van der Waals surface area contributed by atoms with Gasteiger partial charge in [0, 0.05) is 6.04 Å². The quantitative estimate of drug-likeness (QED) is 0.272. The predicted molar refractivity (Wildman–Crippen MR) is 139 cm³/mol. The lowest BCUT2D eigenvalue weighted by Crippen LogP contribution is -2.14. The van der Waals surface area contributed by atoms with E-state index in [1.807, 2.05) is 60.7 Å². The zero-order valence-corrected chi connectivity index (χ0v) is 22.0. The topological polar surface area (TPSA) is 105 Å². The fraction of sp³-hybridized carbons (Fsp3) is 0.280. The van der Waals surface area contributed by atoms with Crippen LogP contribution in [-0.4, -0.2) is 20.8 Å². The Balaban J connectivity index is 0.00000432. The summed E-state index contributed by atoms with van der Waals surface area (Å²) in [5.74, 6) is 0.0352. The molecule has 0 bridgehead atoms. The summed E-state index contributed by atoms with van der Waals surface area (Å²) in [4.78, 5) is 0.260. The Morgan fingerprint density at radius 3 is 1.74 bits per heavy atom. The summed E-state index contributed by atoms with van der Waals surface area (Å²) < 4.78 is 54.0. The van der Waals surface area contributed by atoms with E-state index in [0.717, 1.165) is 16.7 Å². The SMILES string of the molecule is CCS(=O)(=O)c1ccc([C@H](N)CCOP(=O)(OCc2ccccc2)OCc2ccccc2)cc1.Cl. The van der Waals surface area contributed by atoms with E-state index < -0.39 is 23.7 Å². The van der Waals surface area contributed by atoms with E-state index in [1.165, 1.54) is 0 Å². The number of nitrogens with two attached hydrogens (primary N) is 1. The third-order valence-corrected chi connectivity index (χ3v) is 8.33. The average molecular weight is 540 g/mol. The van der Waals surface area contributed by atoms with Crippen molar-refractivity contribution in [2.45, 2.75) is 37.5 Å². The van der Waals surface area contributed by atoms with Crippen LogP contribution >= 0.6 is 20.2 Å². The lowest BCUT2D eigenvalue weighted by molar-refractivity contribution is 0.101. The normalized spacial score (nSPS) is 12.6. The molecule has 0 heterocycles. The molecule has 0 aliphatic heterocycles. The number of benzene rings is 3. The monoisotopic (exact) mass is 539 g/mol. The molecule has 2 N–H and O–H groups in total. The zero-order valence-electron chi connectivity index (χ0n) is 19.5. The zero-order chi connectivity index (χ0) is 24.4. The minimum atomic E-state index is -3.87. The first-order valence-electron chi connectivity index (χ1n) is 11.0. The summed E-state index contributed by atoms with van der Waals surface area (Å²) in [6.07, 6.45) is 0.341. The van der Waals surface area contributed by atoms with Crippen molar-refractivity contribution in [2.24, 2.45) is 5.73 Å². The van der Waals surface area contributed by atoms with Crippen molar-refractivity contribution in [1.82, 2.24) is 0 Å². The number of phosphoric ester groups is 1. The van der Waals surface area contributed by atoms with E-state index in [2.05, 4.69) is 0 Å². The van der Waals surface area contributed by atoms with Crippen LogP contribution < -0.4 is 5.73 Å². The van der Waals surface area contributed by atoms with E-state index in [9.17, 15) is 13.0 Å². The smallest absolute Gasteiger partial charge is 0.324 e. The van der Waals surface area contributed by atoms with Crippen molar-refractivity contribution in [3.63, 3.8) is 0 Å². The lowest BCUT2D eigenvalue weighted by Gasteiger charge is -2.20. The van der Waals surface area contributed by atoms with Crippen LogP contribution in [0, 0.1) is 0 Å². The fourth-order valence-corrected chi connectivity index (χ4v) is 5.17. The van der Waals surface area contributed by atoms with Gasteiger partial charge in [0.1, 0.15) is 0 Å². The molecule has 0 spiro atoms. The molecule has 0 aromatic heterocycles.